The van der Waals surface area contributed by atoms with Gasteiger partial charge in [-0.05, 0) is 52.8 Å². The van der Waals surface area contributed by atoms with Gasteiger partial charge in [-0.2, -0.15) is 0 Å². The normalized spacial score (nSPS) is 12.5. The van der Waals surface area contributed by atoms with Crippen LogP contribution in [0.3, 0.4) is 0 Å². The third-order valence-electron chi connectivity index (χ3n) is 3.12. The summed E-state index contributed by atoms with van der Waals surface area (Å²) in [6.07, 6.45) is 4.50. The van der Waals surface area contributed by atoms with Gasteiger partial charge in [0.2, 0.25) is 0 Å². The van der Waals surface area contributed by atoms with Gasteiger partial charge in [0, 0.05) is 14.7 Å². The Morgan fingerprint density at radius 2 is 1.65 bits per heavy atom. The number of thioether (sulfide) groups is 2. The number of ether oxygens (including phenoxy) is 1. The van der Waals surface area contributed by atoms with Crippen molar-refractivity contribution in [3.05, 3.63) is 64.4 Å². The van der Waals surface area contributed by atoms with E-state index in [0.29, 0.717) is 0 Å². The average molecular weight is 363 g/mol. The number of hydrogen-bond donors (Lipinski definition) is 0. The molecule has 0 unspecified atom stereocenters. The van der Waals surface area contributed by atoms with Crippen LogP contribution in [0.25, 0.3) is 9.81 Å². The van der Waals surface area contributed by atoms with Gasteiger partial charge in [-0.15, -0.1) is 34.9 Å². The van der Waals surface area contributed by atoms with Gasteiger partial charge in [0.25, 0.3) is 0 Å². The summed E-state index contributed by atoms with van der Waals surface area (Å²) in [5.41, 5.74) is 1.24. The van der Waals surface area contributed by atoms with E-state index in [-0.39, 0.29) is 0 Å². The predicted molar refractivity (Wildman–Crippen MR) is 110 cm³/mol. The van der Waals surface area contributed by atoms with Crippen molar-refractivity contribution < 1.29 is 4.74 Å². The molecule has 0 atom stereocenters. The fraction of sp³-hybridized carbons (Fsp3) is 0.263. The molecule has 0 spiro atoms. The second-order valence-corrected chi connectivity index (χ2v) is 8.19. The van der Waals surface area contributed by atoms with Crippen molar-refractivity contribution >= 4 is 44.7 Å². The molecule has 0 aliphatic carbocycles. The van der Waals surface area contributed by atoms with Gasteiger partial charge in [0.1, 0.15) is 5.75 Å². The van der Waals surface area contributed by atoms with Gasteiger partial charge in [-0.3, -0.25) is 0 Å². The lowest BCUT2D eigenvalue weighted by Gasteiger charge is -2.07. The van der Waals surface area contributed by atoms with Gasteiger partial charge in [-0.1, -0.05) is 32.0 Å². The third-order valence-corrected chi connectivity index (χ3v) is 6.08. The zero-order valence-corrected chi connectivity index (χ0v) is 16.2. The first-order valence-corrected chi connectivity index (χ1v) is 10.5. The smallest absolute Gasteiger partial charge is 0.118 e. The quantitative estimate of drug-likeness (QED) is 0.487. The Morgan fingerprint density at radius 3 is 2.22 bits per heavy atom. The van der Waals surface area contributed by atoms with E-state index < -0.39 is 0 Å². The maximum Gasteiger partial charge on any atom is 0.118 e. The van der Waals surface area contributed by atoms with E-state index in [2.05, 4.69) is 55.6 Å². The first-order chi connectivity index (χ1) is 11.3. The lowest BCUT2D eigenvalue weighted by molar-refractivity contribution is 0.415. The summed E-state index contributed by atoms with van der Waals surface area (Å²) in [6, 6.07) is 12.6. The van der Waals surface area contributed by atoms with Crippen LogP contribution in [0.4, 0.5) is 0 Å². The highest BCUT2D eigenvalue weighted by molar-refractivity contribution is 8.08. The minimum atomic E-state index is 0.894. The van der Waals surface area contributed by atoms with Gasteiger partial charge in [0.05, 0.1) is 7.11 Å². The Kier molecular flexibility index (Phi) is 7.86. The molecule has 0 N–H and O–H groups in total. The first-order valence-electron chi connectivity index (χ1n) is 7.64. The average Bonchev–Trinajstić information content (AvgIpc) is 3.12. The van der Waals surface area contributed by atoms with Crippen LogP contribution < -0.4 is 4.74 Å². The second-order valence-electron chi connectivity index (χ2n) is 4.63. The number of rotatable bonds is 8. The molecule has 2 aromatic rings. The Hall–Kier alpha value is -1.10. The Labute approximate surface area is 151 Å². The standard InChI is InChI=1S/C19H22OS3/c1-4-21-17(15-8-10-16(20-3)11-9-15)12-13-19(22-5-2)18-7-6-14-23-18/h6-14H,4-5H2,1-3H3/b17-12-,19-13-. The van der Waals surface area contributed by atoms with Gasteiger partial charge >= 0.3 is 0 Å². The van der Waals surface area contributed by atoms with E-state index in [0.717, 1.165) is 17.3 Å². The molecule has 0 amide bonds. The van der Waals surface area contributed by atoms with Crippen molar-refractivity contribution in [3.63, 3.8) is 0 Å². The van der Waals surface area contributed by atoms with E-state index in [1.54, 1.807) is 18.4 Å². The molecule has 1 aromatic heterocycles. The first kappa shape index (κ1) is 18.2. The molecule has 122 valence electrons. The van der Waals surface area contributed by atoms with Crippen LogP contribution in [0, 0.1) is 0 Å². The zero-order chi connectivity index (χ0) is 16.5. The largest absolute Gasteiger partial charge is 0.497 e. The molecule has 1 nitrogen and oxygen atoms in total. The van der Waals surface area contributed by atoms with Crippen molar-refractivity contribution in [2.24, 2.45) is 0 Å². The molecule has 0 saturated carbocycles. The number of methoxy groups -OCH3 is 1. The summed E-state index contributed by atoms with van der Waals surface area (Å²) >= 11 is 5.56. The number of benzene rings is 1. The van der Waals surface area contributed by atoms with E-state index in [1.165, 1.54) is 20.3 Å². The zero-order valence-electron chi connectivity index (χ0n) is 13.7. The molecule has 0 fully saturated rings. The molecule has 1 aromatic carbocycles. The van der Waals surface area contributed by atoms with E-state index in [4.69, 9.17) is 4.74 Å². The molecule has 23 heavy (non-hydrogen) atoms. The highest BCUT2D eigenvalue weighted by atomic mass is 32.2. The maximum atomic E-state index is 5.25. The number of allylic oxidation sites excluding steroid dienone is 2. The molecule has 2 rings (SSSR count). The molecular formula is C19H22OS3. The lowest BCUT2D eigenvalue weighted by Crippen LogP contribution is -1.85. The second kappa shape index (κ2) is 9.91. The molecular weight excluding hydrogens is 340 g/mol. The molecule has 0 aliphatic rings. The predicted octanol–water partition coefficient (Wildman–Crippen LogP) is 6.64. The topological polar surface area (TPSA) is 9.23 Å². The molecule has 4 heteroatoms. The summed E-state index contributed by atoms with van der Waals surface area (Å²) in [7, 11) is 1.70. The summed E-state index contributed by atoms with van der Waals surface area (Å²) < 4.78 is 5.25. The van der Waals surface area contributed by atoms with Crippen LogP contribution >= 0.6 is 34.9 Å². The van der Waals surface area contributed by atoms with Gasteiger partial charge in [-0.25, -0.2) is 0 Å². The van der Waals surface area contributed by atoms with E-state index in [9.17, 15) is 0 Å². The van der Waals surface area contributed by atoms with Crippen LogP contribution in [-0.2, 0) is 0 Å². The summed E-state index contributed by atoms with van der Waals surface area (Å²) in [5.74, 6) is 3.03. The van der Waals surface area contributed by atoms with Crippen molar-refractivity contribution in [2.45, 2.75) is 13.8 Å². The highest BCUT2D eigenvalue weighted by Crippen LogP contribution is 2.33. The molecule has 0 bridgehead atoms. The monoisotopic (exact) mass is 362 g/mol. The fourth-order valence-electron chi connectivity index (χ4n) is 2.07. The van der Waals surface area contributed by atoms with Crippen LogP contribution in [0.5, 0.6) is 5.75 Å². The van der Waals surface area contributed by atoms with Crippen LogP contribution in [0.2, 0.25) is 0 Å². The molecule has 0 radical (unpaired) electrons. The van der Waals surface area contributed by atoms with Crippen LogP contribution in [-0.4, -0.2) is 18.6 Å². The summed E-state index contributed by atoms with van der Waals surface area (Å²) in [4.78, 5) is 3.97. The van der Waals surface area contributed by atoms with E-state index >= 15 is 0 Å². The maximum absolute atomic E-state index is 5.25. The van der Waals surface area contributed by atoms with Crippen molar-refractivity contribution in [3.8, 4) is 5.75 Å². The van der Waals surface area contributed by atoms with Crippen molar-refractivity contribution in [1.82, 2.24) is 0 Å². The highest BCUT2D eigenvalue weighted by Gasteiger charge is 2.04. The minimum Gasteiger partial charge on any atom is -0.497 e. The van der Waals surface area contributed by atoms with Gasteiger partial charge < -0.3 is 4.74 Å². The lowest BCUT2D eigenvalue weighted by atomic mass is 10.2. The SMILES string of the molecule is CCS/C(=C\C=C(/SCC)c1cccs1)c1ccc(OC)cc1. The molecule has 1 heterocycles. The molecule has 0 aliphatic heterocycles. The third kappa shape index (κ3) is 5.48. The fourth-order valence-corrected chi connectivity index (χ4v) is 4.50. The minimum absolute atomic E-state index is 0.894. The molecule has 0 saturated heterocycles. The van der Waals surface area contributed by atoms with E-state index in [1.807, 2.05) is 35.7 Å². The number of thiophene rings is 1. The summed E-state index contributed by atoms with van der Waals surface area (Å²) in [6.45, 7) is 4.38. The van der Waals surface area contributed by atoms with Crippen LogP contribution in [0.15, 0.2) is 53.9 Å². The Bertz CT molecular complexity index is 640. The van der Waals surface area contributed by atoms with Gasteiger partial charge in [0.15, 0.2) is 0 Å². The Morgan fingerprint density at radius 1 is 1.00 bits per heavy atom. The van der Waals surface area contributed by atoms with Crippen molar-refractivity contribution in [2.75, 3.05) is 18.6 Å². The van der Waals surface area contributed by atoms with Crippen LogP contribution in [0.1, 0.15) is 24.3 Å². The number of hydrogen-bond acceptors (Lipinski definition) is 4. The van der Waals surface area contributed by atoms with Crippen molar-refractivity contribution in [1.29, 1.82) is 0 Å². The summed E-state index contributed by atoms with van der Waals surface area (Å²) in [5, 5.41) is 2.13. The Balaban J connectivity index is 2.30.